The van der Waals surface area contributed by atoms with E-state index in [0.717, 1.165) is 0 Å². The predicted octanol–water partition coefficient (Wildman–Crippen LogP) is 1.41. The van der Waals surface area contributed by atoms with E-state index in [4.69, 9.17) is 16.3 Å². The highest BCUT2D eigenvalue weighted by Crippen LogP contribution is 2.27. The fraction of sp³-hybridized carbons (Fsp3) is 0.333. The summed E-state index contributed by atoms with van der Waals surface area (Å²) in [5.41, 5.74) is 0. The van der Waals surface area contributed by atoms with Crippen molar-refractivity contribution >= 4 is 23.3 Å². The van der Waals surface area contributed by atoms with Crippen LogP contribution >= 0.6 is 11.6 Å². The van der Waals surface area contributed by atoms with E-state index in [9.17, 15) is 4.79 Å². The van der Waals surface area contributed by atoms with Crippen LogP contribution in [-0.4, -0.2) is 22.9 Å². The fourth-order valence-corrected chi connectivity index (χ4v) is 1.47. The molecule has 2 rings (SSSR count). The smallest absolute Gasteiger partial charge is 0.266 e. The Morgan fingerprint density at radius 1 is 1.64 bits per heavy atom. The molecule has 0 aromatic carbocycles. The molecular formula is C9H9ClN2O2. The minimum Gasteiger partial charge on any atom is -0.477 e. The van der Waals surface area contributed by atoms with Crippen molar-refractivity contribution in [3.63, 3.8) is 0 Å². The molecule has 0 bridgehead atoms. The number of aromatic nitrogens is 1. The van der Waals surface area contributed by atoms with E-state index in [1.807, 2.05) is 0 Å². The van der Waals surface area contributed by atoms with Gasteiger partial charge in [-0.25, -0.2) is 4.98 Å². The number of anilines is 1. The van der Waals surface area contributed by atoms with E-state index in [0.29, 0.717) is 23.9 Å². The Bertz CT molecular complexity index is 356. The first kappa shape index (κ1) is 9.27. The molecule has 1 N–H and O–H groups in total. The van der Waals surface area contributed by atoms with Gasteiger partial charge < -0.3 is 10.1 Å². The zero-order chi connectivity index (χ0) is 9.97. The second kappa shape index (κ2) is 3.84. The van der Waals surface area contributed by atoms with Gasteiger partial charge in [0.1, 0.15) is 0 Å². The molecule has 1 amide bonds. The lowest BCUT2D eigenvalue weighted by Crippen LogP contribution is -2.37. The third-order valence-electron chi connectivity index (χ3n) is 1.95. The van der Waals surface area contributed by atoms with Crippen LogP contribution in [0.25, 0.3) is 0 Å². The number of hydrogen-bond acceptors (Lipinski definition) is 3. The molecule has 0 saturated heterocycles. The van der Waals surface area contributed by atoms with Crippen LogP contribution in [0.3, 0.4) is 0 Å². The Morgan fingerprint density at radius 3 is 3.29 bits per heavy atom. The molecule has 1 unspecified atom stereocenters. The number of fused-ring (bicyclic) bond motifs is 1. The molecule has 1 aromatic heterocycles. The van der Waals surface area contributed by atoms with Gasteiger partial charge in [0.2, 0.25) is 0 Å². The van der Waals surface area contributed by atoms with E-state index in [-0.39, 0.29) is 5.91 Å². The Hall–Kier alpha value is -1.29. The topological polar surface area (TPSA) is 51.2 Å². The molecule has 0 aliphatic carbocycles. The third-order valence-corrected chi connectivity index (χ3v) is 2.16. The van der Waals surface area contributed by atoms with Gasteiger partial charge in [-0.05, 0) is 12.1 Å². The van der Waals surface area contributed by atoms with E-state index in [1.54, 1.807) is 18.3 Å². The SMILES string of the molecule is O=C1Nc2ncccc2OC1CCCl. The van der Waals surface area contributed by atoms with Gasteiger partial charge in [-0.1, -0.05) is 0 Å². The van der Waals surface area contributed by atoms with Crippen molar-refractivity contribution in [2.24, 2.45) is 0 Å². The summed E-state index contributed by atoms with van der Waals surface area (Å²) in [7, 11) is 0. The van der Waals surface area contributed by atoms with E-state index < -0.39 is 6.10 Å². The second-order valence-electron chi connectivity index (χ2n) is 2.92. The lowest BCUT2D eigenvalue weighted by molar-refractivity contribution is -0.123. The molecule has 0 spiro atoms. The zero-order valence-corrected chi connectivity index (χ0v) is 8.12. The maximum Gasteiger partial charge on any atom is 0.266 e. The van der Waals surface area contributed by atoms with Crippen molar-refractivity contribution in [1.82, 2.24) is 4.98 Å². The van der Waals surface area contributed by atoms with Crippen molar-refractivity contribution in [2.45, 2.75) is 12.5 Å². The summed E-state index contributed by atoms with van der Waals surface area (Å²) < 4.78 is 5.43. The van der Waals surface area contributed by atoms with Gasteiger partial charge in [0.05, 0.1) is 0 Å². The molecule has 0 radical (unpaired) electrons. The van der Waals surface area contributed by atoms with Crippen molar-refractivity contribution < 1.29 is 9.53 Å². The molecule has 14 heavy (non-hydrogen) atoms. The van der Waals surface area contributed by atoms with Crippen LogP contribution in [0.2, 0.25) is 0 Å². The van der Waals surface area contributed by atoms with Gasteiger partial charge in [-0.15, -0.1) is 11.6 Å². The van der Waals surface area contributed by atoms with Crippen LogP contribution in [0.15, 0.2) is 18.3 Å². The van der Waals surface area contributed by atoms with Crippen LogP contribution < -0.4 is 10.1 Å². The number of nitrogens with zero attached hydrogens (tertiary/aromatic N) is 1. The lowest BCUT2D eigenvalue weighted by atomic mass is 10.2. The van der Waals surface area contributed by atoms with E-state index >= 15 is 0 Å². The summed E-state index contributed by atoms with van der Waals surface area (Å²) in [6, 6.07) is 3.52. The minimum atomic E-state index is -0.496. The highest BCUT2D eigenvalue weighted by molar-refractivity contribution is 6.18. The molecule has 1 aliphatic rings. The molecule has 74 valence electrons. The first-order valence-electron chi connectivity index (χ1n) is 4.30. The molecule has 4 nitrogen and oxygen atoms in total. The molecule has 1 aromatic rings. The van der Waals surface area contributed by atoms with Gasteiger partial charge in [0.25, 0.3) is 5.91 Å². The van der Waals surface area contributed by atoms with Crippen molar-refractivity contribution in [1.29, 1.82) is 0 Å². The Morgan fingerprint density at radius 2 is 2.50 bits per heavy atom. The summed E-state index contributed by atoms with van der Waals surface area (Å²) in [6.07, 6.45) is 1.61. The number of carbonyl (C=O) groups is 1. The Kier molecular flexibility index (Phi) is 2.54. The number of nitrogens with one attached hydrogen (secondary N) is 1. The standard InChI is InChI=1S/C9H9ClN2O2/c10-4-3-7-9(13)12-8-6(14-7)2-1-5-11-8/h1-2,5,7H,3-4H2,(H,11,12,13). The molecule has 1 aliphatic heterocycles. The Balaban J connectivity index is 2.22. The summed E-state index contributed by atoms with van der Waals surface area (Å²) in [4.78, 5) is 15.4. The van der Waals surface area contributed by atoms with E-state index in [2.05, 4.69) is 10.3 Å². The van der Waals surface area contributed by atoms with Gasteiger partial charge >= 0.3 is 0 Å². The maximum absolute atomic E-state index is 11.4. The van der Waals surface area contributed by atoms with Gasteiger partial charge in [0, 0.05) is 18.5 Å². The summed E-state index contributed by atoms with van der Waals surface area (Å²) in [5.74, 6) is 1.29. The number of amides is 1. The number of hydrogen-bond donors (Lipinski definition) is 1. The third kappa shape index (κ3) is 1.65. The second-order valence-corrected chi connectivity index (χ2v) is 3.30. The predicted molar refractivity (Wildman–Crippen MR) is 52.6 cm³/mol. The number of alkyl halides is 1. The van der Waals surface area contributed by atoms with Crippen molar-refractivity contribution in [3.8, 4) is 5.75 Å². The fourth-order valence-electron chi connectivity index (χ4n) is 1.27. The largest absolute Gasteiger partial charge is 0.477 e. The highest BCUT2D eigenvalue weighted by Gasteiger charge is 2.27. The van der Waals surface area contributed by atoms with Crippen LogP contribution in [-0.2, 0) is 4.79 Å². The summed E-state index contributed by atoms with van der Waals surface area (Å²) in [6.45, 7) is 0. The van der Waals surface area contributed by atoms with Crippen molar-refractivity contribution in [2.75, 3.05) is 11.2 Å². The number of ether oxygens (including phenoxy) is 1. The first-order valence-corrected chi connectivity index (χ1v) is 4.83. The number of rotatable bonds is 2. The molecule has 2 heterocycles. The number of carbonyl (C=O) groups excluding carboxylic acids is 1. The van der Waals surface area contributed by atoms with Gasteiger partial charge in [-0.2, -0.15) is 0 Å². The van der Waals surface area contributed by atoms with Crippen LogP contribution in [0, 0.1) is 0 Å². The summed E-state index contributed by atoms with van der Waals surface area (Å²) in [5, 5.41) is 2.66. The monoisotopic (exact) mass is 212 g/mol. The Labute approximate surface area is 86.2 Å². The summed E-state index contributed by atoms with van der Waals surface area (Å²) >= 11 is 5.55. The highest BCUT2D eigenvalue weighted by atomic mass is 35.5. The van der Waals surface area contributed by atoms with Crippen molar-refractivity contribution in [3.05, 3.63) is 18.3 Å². The number of halogens is 1. The van der Waals surface area contributed by atoms with Crippen LogP contribution in [0.1, 0.15) is 6.42 Å². The average Bonchev–Trinajstić information content (AvgIpc) is 2.19. The molecular weight excluding hydrogens is 204 g/mol. The lowest BCUT2D eigenvalue weighted by Gasteiger charge is -2.24. The van der Waals surface area contributed by atoms with Gasteiger partial charge in [0.15, 0.2) is 17.7 Å². The quantitative estimate of drug-likeness (QED) is 0.755. The van der Waals surface area contributed by atoms with Gasteiger partial charge in [-0.3, -0.25) is 4.79 Å². The minimum absolute atomic E-state index is 0.183. The molecule has 0 saturated carbocycles. The molecule has 5 heteroatoms. The average molecular weight is 213 g/mol. The van der Waals surface area contributed by atoms with Crippen LogP contribution in [0.4, 0.5) is 5.82 Å². The first-order chi connectivity index (χ1) is 6.81. The zero-order valence-electron chi connectivity index (χ0n) is 7.37. The number of pyridine rings is 1. The van der Waals surface area contributed by atoms with E-state index in [1.165, 1.54) is 0 Å². The molecule has 1 atom stereocenters. The maximum atomic E-state index is 11.4. The normalized spacial score (nSPS) is 19.5. The molecule has 0 fully saturated rings. The van der Waals surface area contributed by atoms with Crippen LogP contribution in [0.5, 0.6) is 5.75 Å².